The third-order valence-corrected chi connectivity index (χ3v) is 7.06. The lowest BCUT2D eigenvalue weighted by atomic mass is 10.1. The Labute approximate surface area is 173 Å². The van der Waals surface area contributed by atoms with Crippen LogP contribution in [0.1, 0.15) is 30.0 Å². The Kier molecular flexibility index (Phi) is 6.00. The molecule has 2 aromatic carbocycles. The summed E-state index contributed by atoms with van der Waals surface area (Å²) in [5.41, 5.74) is 3.69. The number of carbonyl (C=O) groups is 1. The van der Waals surface area contributed by atoms with Crippen LogP contribution in [0, 0.1) is 13.8 Å². The molecule has 0 spiro atoms. The molecule has 0 saturated heterocycles. The van der Waals surface area contributed by atoms with Crippen molar-refractivity contribution in [3.05, 3.63) is 53.1 Å². The number of hydrogen-bond donors (Lipinski definition) is 0. The van der Waals surface area contributed by atoms with E-state index in [0.717, 1.165) is 28.1 Å². The summed E-state index contributed by atoms with van der Waals surface area (Å²) in [6.07, 6.45) is 0.578. The standard InChI is InChI=1S/C22H28N2O4S/c1-6-20(28-21-13-15(2)7-8-16(21)3)22(25)24-12-11-17-14-18(9-10-19(17)24)29(26,27)23(4)5/h7-10,13-14,20H,6,11-12H2,1-5H3/t20-/m1/s1. The second-order valence-electron chi connectivity index (χ2n) is 7.60. The van der Waals surface area contributed by atoms with Crippen LogP contribution >= 0.6 is 0 Å². The first-order chi connectivity index (χ1) is 13.6. The predicted octanol–water partition coefficient (Wildman–Crippen LogP) is 3.30. The van der Waals surface area contributed by atoms with Gasteiger partial charge in [0.05, 0.1) is 4.90 Å². The van der Waals surface area contributed by atoms with E-state index in [-0.39, 0.29) is 10.8 Å². The molecule has 29 heavy (non-hydrogen) atoms. The van der Waals surface area contributed by atoms with Crippen molar-refractivity contribution in [1.82, 2.24) is 4.31 Å². The van der Waals surface area contributed by atoms with E-state index in [4.69, 9.17) is 4.74 Å². The van der Waals surface area contributed by atoms with E-state index in [1.54, 1.807) is 23.1 Å². The molecule has 6 nitrogen and oxygen atoms in total. The van der Waals surface area contributed by atoms with Gasteiger partial charge < -0.3 is 9.64 Å². The van der Waals surface area contributed by atoms with Crippen LogP contribution in [0.3, 0.4) is 0 Å². The zero-order valence-corrected chi connectivity index (χ0v) is 18.4. The highest BCUT2D eigenvalue weighted by atomic mass is 32.2. The molecule has 1 aliphatic heterocycles. The molecule has 0 fully saturated rings. The minimum Gasteiger partial charge on any atom is -0.480 e. The van der Waals surface area contributed by atoms with Gasteiger partial charge in [-0.25, -0.2) is 12.7 Å². The summed E-state index contributed by atoms with van der Waals surface area (Å²) < 4.78 is 32.1. The lowest BCUT2D eigenvalue weighted by Gasteiger charge is -2.25. The molecule has 0 aliphatic carbocycles. The van der Waals surface area contributed by atoms with Crippen molar-refractivity contribution in [2.45, 2.75) is 44.6 Å². The monoisotopic (exact) mass is 416 g/mol. The first-order valence-electron chi connectivity index (χ1n) is 9.76. The third-order valence-electron chi connectivity index (χ3n) is 5.25. The van der Waals surface area contributed by atoms with Gasteiger partial charge in [-0.15, -0.1) is 0 Å². The van der Waals surface area contributed by atoms with Crippen molar-refractivity contribution < 1.29 is 17.9 Å². The number of anilines is 1. The Hall–Kier alpha value is -2.38. The predicted molar refractivity (Wildman–Crippen MR) is 114 cm³/mol. The van der Waals surface area contributed by atoms with Crippen molar-refractivity contribution >= 4 is 21.6 Å². The van der Waals surface area contributed by atoms with Gasteiger partial charge in [0.25, 0.3) is 5.91 Å². The molecule has 156 valence electrons. The normalized spacial score (nSPS) is 14.8. The van der Waals surface area contributed by atoms with Gasteiger partial charge in [0.2, 0.25) is 10.0 Å². The van der Waals surface area contributed by atoms with Gasteiger partial charge >= 0.3 is 0 Å². The maximum Gasteiger partial charge on any atom is 0.268 e. The minimum absolute atomic E-state index is 0.102. The summed E-state index contributed by atoms with van der Waals surface area (Å²) >= 11 is 0. The van der Waals surface area contributed by atoms with Gasteiger partial charge in [-0.1, -0.05) is 19.1 Å². The molecule has 1 atom stereocenters. The van der Waals surface area contributed by atoms with E-state index in [9.17, 15) is 13.2 Å². The second-order valence-corrected chi connectivity index (χ2v) is 9.75. The molecular weight excluding hydrogens is 388 g/mol. The lowest BCUT2D eigenvalue weighted by Crippen LogP contribution is -2.41. The fraction of sp³-hybridized carbons (Fsp3) is 0.409. The summed E-state index contributed by atoms with van der Waals surface area (Å²) in [6, 6.07) is 10.9. The smallest absolute Gasteiger partial charge is 0.268 e. The van der Waals surface area contributed by atoms with Gasteiger partial charge in [0.15, 0.2) is 6.10 Å². The van der Waals surface area contributed by atoms with Crippen molar-refractivity contribution in [1.29, 1.82) is 0 Å². The highest BCUT2D eigenvalue weighted by molar-refractivity contribution is 7.89. The number of amides is 1. The number of benzene rings is 2. The van der Waals surface area contributed by atoms with Gasteiger partial charge in [0, 0.05) is 26.3 Å². The summed E-state index contributed by atoms with van der Waals surface area (Å²) in [6.45, 7) is 6.40. The summed E-state index contributed by atoms with van der Waals surface area (Å²) in [4.78, 5) is 15.2. The third kappa shape index (κ3) is 4.16. The first-order valence-corrected chi connectivity index (χ1v) is 11.2. The molecule has 0 aromatic heterocycles. The molecule has 0 saturated carbocycles. The summed E-state index contributed by atoms with van der Waals surface area (Å²) in [5.74, 6) is 0.618. The van der Waals surface area contributed by atoms with Gasteiger partial charge in [-0.3, -0.25) is 4.79 Å². The number of hydrogen-bond acceptors (Lipinski definition) is 4. The van der Waals surface area contributed by atoms with Gasteiger partial charge in [0.1, 0.15) is 5.75 Å². The molecule has 3 rings (SSSR count). The molecule has 2 aromatic rings. The fourth-order valence-corrected chi connectivity index (χ4v) is 4.40. The number of nitrogens with zero attached hydrogens (tertiary/aromatic N) is 2. The van der Waals surface area contributed by atoms with Gasteiger partial charge in [-0.2, -0.15) is 0 Å². The van der Waals surface area contributed by atoms with Crippen LogP contribution in [-0.4, -0.2) is 45.4 Å². The number of aryl methyl sites for hydroxylation is 2. The number of sulfonamides is 1. The fourth-order valence-electron chi connectivity index (χ4n) is 3.45. The van der Waals surface area contributed by atoms with Crippen LogP contribution in [0.5, 0.6) is 5.75 Å². The Bertz CT molecular complexity index is 1030. The summed E-state index contributed by atoms with van der Waals surface area (Å²) in [7, 11) is -0.484. The molecule has 0 radical (unpaired) electrons. The van der Waals surface area contributed by atoms with Crippen molar-refractivity contribution in [3.63, 3.8) is 0 Å². The number of fused-ring (bicyclic) bond motifs is 1. The molecule has 1 amide bonds. The topological polar surface area (TPSA) is 66.9 Å². The Balaban J connectivity index is 1.85. The van der Waals surface area contributed by atoms with Crippen LogP contribution in [0.2, 0.25) is 0 Å². The first kappa shape index (κ1) is 21.3. The van der Waals surface area contributed by atoms with E-state index in [0.29, 0.717) is 19.4 Å². The second kappa shape index (κ2) is 8.16. The zero-order chi connectivity index (χ0) is 21.3. The van der Waals surface area contributed by atoms with E-state index < -0.39 is 16.1 Å². The summed E-state index contributed by atoms with van der Waals surface area (Å²) in [5, 5.41) is 0. The maximum atomic E-state index is 13.2. The maximum absolute atomic E-state index is 13.2. The molecule has 0 bridgehead atoms. The van der Waals surface area contributed by atoms with Crippen molar-refractivity contribution in [2.75, 3.05) is 25.5 Å². The SMILES string of the molecule is CC[C@@H](Oc1cc(C)ccc1C)C(=O)N1CCc2cc(S(=O)(=O)N(C)C)ccc21. The Morgan fingerprint density at radius 3 is 2.55 bits per heavy atom. The minimum atomic E-state index is -3.50. The Morgan fingerprint density at radius 2 is 1.90 bits per heavy atom. The molecular formula is C22H28N2O4S. The van der Waals surface area contributed by atoms with E-state index in [1.807, 2.05) is 39.0 Å². The van der Waals surface area contributed by atoms with Crippen LogP contribution in [-0.2, 0) is 21.2 Å². The molecule has 1 heterocycles. The average Bonchev–Trinajstić information content (AvgIpc) is 3.11. The average molecular weight is 417 g/mol. The quantitative estimate of drug-likeness (QED) is 0.725. The van der Waals surface area contributed by atoms with E-state index in [2.05, 4.69) is 0 Å². The van der Waals surface area contributed by atoms with Crippen molar-refractivity contribution in [3.8, 4) is 5.75 Å². The van der Waals surface area contributed by atoms with Crippen LogP contribution in [0.4, 0.5) is 5.69 Å². The molecule has 1 aliphatic rings. The van der Waals surface area contributed by atoms with E-state index >= 15 is 0 Å². The van der Waals surface area contributed by atoms with Crippen LogP contribution < -0.4 is 9.64 Å². The molecule has 7 heteroatoms. The molecule has 0 unspecified atom stereocenters. The van der Waals surface area contributed by atoms with Crippen LogP contribution in [0.25, 0.3) is 0 Å². The highest BCUT2D eigenvalue weighted by Crippen LogP contribution is 2.32. The number of ether oxygens (including phenoxy) is 1. The van der Waals surface area contributed by atoms with Crippen LogP contribution in [0.15, 0.2) is 41.3 Å². The number of carbonyl (C=O) groups excluding carboxylic acids is 1. The zero-order valence-electron chi connectivity index (χ0n) is 17.6. The van der Waals surface area contributed by atoms with E-state index in [1.165, 1.54) is 18.4 Å². The highest BCUT2D eigenvalue weighted by Gasteiger charge is 2.32. The van der Waals surface area contributed by atoms with Crippen molar-refractivity contribution in [2.24, 2.45) is 0 Å². The number of rotatable bonds is 6. The lowest BCUT2D eigenvalue weighted by molar-refractivity contribution is -0.125. The van der Waals surface area contributed by atoms with Gasteiger partial charge in [-0.05, 0) is 67.6 Å². The molecule has 0 N–H and O–H groups in total. The Morgan fingerprint density at radius 1 is 1.17 bits per heavy atom. The largest absolute Gasteiger partial charge is 0.480 e.